The van der Waals surface area contributed by atoms with Crippen LogP contribution in [0.5, 0.6) is 0 Å². The lowest BCUT2D eigenvalue weighted by atomic mass is 10.8. The van der Waals surface area contributed by atoms with Crippen LogP contribution in [0.25, 0.3) is 0 Å². The molecule has 0 aliphatic heterocycles. The molecule has 0 aliphatic carbocycles. The van der Waals surface area contributed by atoms with Gasteiger partial charge in [-0.25, -0.2) is 0 Å². The van der Waals surface area contributed by atoms with Gasteiger partial charge in [0.05, 0.1) is 56.4 Å². The molecule has 0 radical (unpaired) electrons. The zero-order valence-electron chi connectivity index (χ0n) is 11.6. The molecule has 0 N–H and O–H groups in total. The van der Waals surface area contributed by atoms with Gasteiger partial charge in [0, 0.05) is 5.97 Å². The highest BCUT2D eigenvalue weighted by Gasteiger charge is 1.88. The molecule has 4 nitrogen and oxygen atoms in total. The van der Waals surface area contributed by atoms with Crippen LogP contribution in [0.15, 0.2) is 0 Å². The highest BCUT2D eigenvalue weighted by Crippen LogP contribution is 1.74. The van der Waals surface area contributed by atoms with Crippen molar-refractivity contribution in [1.29, 1.82) is 0 Å². The molecule has 0 spiro atoms. The molecule has 0 aromatic carbocycles. The standard InChI is InChI=1S/2C4H12N.C2H4O2.BrH/c2*1-5(2,3)4;1-2(3)4;/h2*1-4H3;1H3,(H,3,4);1H/q2*+1;;/p-2. The van der Waals surface area contributed by atoms with Crippen LogP contribution >= 0.6 is 0 Å². The maximum Gasteiger partial charge on any atom is 0.0675 e. The minimum Gasteiger partial charge on any atom is -1.00 e. The predicted molar refractivity (Wildman–Crippen MR) is 58.6 cm³/mol. The fourth-order valence-electron chi connectivity index (χ4n) is 0. The summed E-state index contributed by atoms with van der Waals surface area (Å²) in [5.41, 5.74) is 0. The van der Waals surface area contributed by atoms with Gasteiger partial charge < -0.3 is 35.8 Å². The number of aliphatic carboxylic acids is 1. The monoisotopic (exact) mass is 286 g/mol. The Morgan fingerprint density at radius 3 is 0.800 bits per heavy atom. The van der Waals surface area contributed by atoms with Crippen molar-refractivity contribution in [2.45, 2.75) is 6.92 Å². The maximum absolute atomic E-state index is 8.89. The van der Waals surface area contributed by atoms with Gasteiger partial charge in [-0.2, -0.15) is 0 Å². The summed E-state index contributed by atoms with van der Waals surface area (Å²) < 4.78 is 2.00. The van der Waals surface area contributed by atoms with Crippen molar-refractivity contribution in [1.82, 2.24) is 0 Å². The topological polar surface area (TPSA) is 40.1 Å². The molecule has 0 heterocycles. The number of halogens is 1. The lowest BCUT2D eigenvalue weighted by Gasteiger charge is -2.14. The minimum atomic E-state index is -1.08. The molecule has 96 valence electrons. The second kappa shape index (κ2) is 10.4. The Kier molecular flexibility index (Phi) is 16.8. The molecule has 0 aromatic rings. The molecule has 0 aliphatic rings. The summed E-state index contributed by atoms with van der Waals surface area (Å²) in [6.45, 7) is 0.972. The SMILES string of the molecule is CC(=O)[O-].C[N+](C)(C)C.C[N+](C)(C)C.[Br-]. The average molecular weight is 287 g/mol. The number of carboxylic acid groups (broad SMARTS) is 1. The third kappa shape index (κ3) is 116000. The van der Waals surface area contributed by atoms with Gasteiger partial charge >= 0.3 is 0 Å². The van der Waals surface area contributed by atoms with Crippen molar-refractivity contribution in [3.05, 3.63) is 0 Å². The molecule has 0 atom stereocenters. The lowest BCUT2D eigenvalue weighted by Crippen LogP contribution is -3.00. The number of nitrogens with zero attached hydrogens (tertiary/aromatic N) is 2. The van der Waals surface area contributed by atoms with E-state index in [2.05, 4.69) is 56.4 Å². The molecule has 0 saturated carbocycles. The van der Waals surface area contributed by atoms with Crippen LogP contribution in [0.2, 0.25) is 0 Å². The van der Waals surface area contributed by atoms with E-state index in [0.717, 1.165) is 15.9 Å². The Labute approximate surface area is 105 Å². The number of carbonyl (C=O) groups is 1. The summed E-state index contributed by atoms with van der Waals surface area (Å²) >= 11 is 0. The molecule has 0 rings (SSSR count). The molecule has 0 unspecified atom stereocenters. The van der Waals surface area contributed by atoms with E-state index in [0.29, 0.717) is 0 Å². The number of hydrogen-bond donors (Lipinski definition) is 0. The van der Waals surface area contributed by atoms with Crippen molar-refractivity contribution in [3.8, 4) is 0 Å². The summed E-state index contributed by atoms with van der Waals surface area (Å²) in [4.78, 5) is 8.89. The molecular formula is C10H27BrN2O2. The smallest absolute Gasteiger partial charge is 0.0675 e. The molecule has 0 fully saturated rings. The van der Waals surface area contributed by atoms with Crippen LogP contribution < -0.4 is 22.1 Å². The van der Waals surface area contributed by atoms with Gasteiger partial charge in [0.15, 0.2) is 0 Å². The van der Waals surface area contributed by atoms with E-state index in [4.69, 9.17) is 9.90 Å². The van der Waals surface area contributed by atoms with Crippen molar-refractivity contribution in [3.63, 3.8) is 0 Å². The van der Waals surface area contributed by atoms with Crippen molar-refractivity contribution >= 4 is 5.97 Å². The quantitative estimate of drug-likeness (QED) is 0.432. The first-order valence-electron chi connectivity index (χ1n) is 4.49. The van der Waals surface area contributed by atoms with Gasteiger partial charge in [-0.15, -0.1) is 0 Å². The lowest BCUT2D eigenvalue weighted by molar-refractivity contribution is -0.849. The third-order valence-electron chi connectivity index (χ3n) is 0. The number of rotatable bonds is 0. The summed E-state index contributed by atoms with van der Waals surface area (Å²) in [5.74, 6) is -1.08. The molecule has 0 saturated heterocycles. The maximum atomic E-state index is 8.89. The van der Waals surface area contributed by atoms with Gasteiger partial charge in [0.2, 0.25) is 0 Å². The largest absolute Gasteiger partial charge is 1.00 e. The summed E-state index contributed by atoms with van der Waals surface area (Å²) in [5, 5.41) is 8.89. The molecular weight excluding hydrogens is 260 g/mol. The van der Waals surface area contributed by atoms with Crippen LogP contribution in [0.3, 0.4) is 0 Å². The van der Waals surface area contributed by atoms with Crippen LogP contribution in [-0.4, -0.2) is 71.3 Å². The molecule has 0 amide bonds. The van der Waals surface area contributed by atoms with E-state index in [9.17, 15) is 0 Å². The Hall–Kier alpha value is -0.130. The second-order valence-electron chi connectivity index (χ2n) is 5.86. The Balaban J connectivity index is -0.0000000590. The zero-order chi connectivity index (χ0) is 12.6. The van der Waals surface area contributed by atoms with Gasteiger partial charge in [-0.1, -0.05) is 0 Å². The summed E-state index contributed by atoms with van der Waals surface area (Å²) in [6.07, 6.45) is 0. The molecule has 15 heavy (non-hydrogen) atoms. The number of carboxylic acids is 1. The summed E-state index contributed by atoms with van der Waals surface area (Å²) in [7, 11) is 17.0. The average Bonchev–Trinajstić information content (AvgIpc) is 1.45. The van der Waals surface area contributed by atoms with E-state index < -0.39 is 5.97 Å². The van der Waals surface area contributed by atoms with Gasteiger partial charge in [-0.3, -0.25) is 0 Å². The van der Waals surface area contributed by atoms with Gasteiger partial charge in [-0.05, 0) is 6.92 Å². The number of hydrogen-bond acceptors (Lipinski definition) is 2. The van der Waals surface area contributed by atoms with E-state index >= 15 is 0 Å². The normalized spacial score (nSPS) is 9.67. The van der Waals surface area contributed by atoms with Crippen LogP contribution in [-0.2, 0) is 4.79 Å². The van der Waals surface area contributed by atoms with Crippen LogP contribution in [0, 0.1) is 0 Å². The fraction of sp³-hybridized carbons (Fsp3) is 0.900. The second-order valence-corrected chi connectivity index (χ2v) is 5.86. The highest BCUT2D eigenvalue weighted by molar-refractivity contribution is 5.60. The van der Waals surface area contributed by atoms with Crippen LogP contribution in [0.4, 0.5) is 0 Å². The first-order valence-corrected chi connectivity index (χ1v) is 4.49. The third-order valence-corrected chi connectivity index (χ3v) is 0. The van der Waals surface area contributed by atoms with E-state index in [-0.39, 0.29) is 17.0 Å². The first kappa shape index (κ1) is 24.2. The van der Waals surface area contributed by atoms with E-state index in [1.165, 1.54) is 0 Å². The van der Waals surface area contributed by atoms with Gasteiger partial charge in [0.1, 0.15) is 0 Å². The Morgan fingerprint density at radius 1 is 0.800 bits per heavy atom. The van der Waals surface area contributed by atoms with E-state index in [1.54, 1.807) is 0 Å². The van der Waals surface area contributed by atoms with Crippen molar-refractivity contribution < 1.29 is 35.8 Å². The Bertz CT molecular complexity index is 120. The van der Waals surface area contributed by atoms with Gasteiger partial charge in [0.25, 0.3) is 0 Å². The minimum absolute atomic E-state index is 0. The number of quaternary nitrogens is 2. The van der Waals surface area contributed by atoms with Crippen molar-refractivity contribution in [2.24, 2.45) is 0 Å². The van der Waals surface area contributed by atoms with Crippen molar-refractivity contribution in [2.75, 3.05) is 56.4 Å². The zero-order valence-corrected chi connectivity index (χ0v) is 13.2. The van der Waals surface area contributed by atoms with E-state index in [1.807, 2.05) is 0 Å². The fourth-order valence-corrected chi connectivity index (χ4v) is 0. The predicted octanol–water partition coefficient (Wildman–Crippen LogP) is -3.59. The first-order chi connectivity index (χ1) is 5.73. The molecule has 5 heteroatoms. The van der Waals surface area contributed by atoms with Crippen LogP contribution in [0.1, 0.15) is 6.92 Å². The molecule has 0 bridgehead atoms. The summed E-state index contributed by atoms with van der Waals surface area (Å²) in [6, 6.07) is 0. The highest BCUT2D eigenvalue weighted by atomic mass is 79.9. The Morgan fingerprint density at radius 2 is 0.800 bits per heavy atom. The molecule has 0 aromatic heterocycles. The number of carbonyl (C=O) groups excluding carboxylic acids is 1.